The lowest BCUT2D eigenvalue weighted by atomic mass is 9.77. The third kappa shape index (κ3) is 4.19. The first kappa shape index (κ1) is 18.2. The van der Waals surface area contributed by atoms with Gasteiger partial charge in [0, 0.05) is 18.1 Å². The minimum atomic E-state index is 0.469. The van der Waals surface area contributed by atoms with Gasteiger partial charge in [-0.25, -0.2) is 0 Å². The summed E-state index contributed by atoms with van der Waals surface area (Å²) in [5, 5.41) is 3.66. The topological polar surface area (TPSA) is 41.3 Å². The minimum Gasteiger partial charge on any atom is -0.397 e. The van der Waals surface area contributed by atoms with E-state index in [2.05, 4.69) is 29.3 Å². The second-order valence-electron chi connectivity index (χ2n) is 9.28. The zero-order valence-corrected chi connectivity index (χ0v) is 16.5. The molecule has 2 aliphatic carbocycles. The number of anilines is 2. The van der Waals surface area contributed by atoms with Crippen molar-refractivity contribution in [1.82, 2.24) is 4.90 Å². The van der Waals surface area contributed by atoms with Crippen molar-refractivity contribution in [3.05, 3.63) is 24.3 Å². The number of rotatable bonds is 5. The van der Waals surface area contributed by atoms with Gasteiger partial charge in [0.05, 0.1) is 11.4 Å². The Kier molecular flexibility index (Phi) is 5.73. The Balaban J connectivity index is 1.36. The van der Waals surface area contributed by atoms with Crippen molar-refractivity contribution in [2.24, 2.45) is 11.8 Å². The highest BCUT2D eigenvalue weighted by molar-refractivity contribution is 5.65. The van der Waals surface area contributed by atoms with Crippen LogP contribution in [0.1, 0.15) is 71.1 Å². The summed E-state index contributed by atoms with van der Waals surface area (Å²) < 4.78 is 0. The van der Waals surface area contributed by atoms with Crippen LogP contribution in [0.4, 0.5) is 11.4 Å². The molecule has 0 radical (unpaired) electrons. The van der Waals surface area contributed by atoms with Crippen LogP contribution in [0.25, 0.3) is 0 Å². The van der Waals surface area contributed by atoms with Crippen LogP contribution in [0.2, 0.25) is 0 Å². The molecule has 1 aliphatic heterocycles. The summed E-state index contributed by atoms with van der Waals surface area (Å²) in [5.41, 5.74) is 8.07. The van der Waals surface area contributed by atoms with E-state index in [1.807, 2.05) is 12.1 Å². The molecule has 2 unspecified atom stereocenters. The SMILES string of the molecule is C[C@@H](C[C@@H]1CCCN1C1CC2CCCCC(C2)C1)Nc1ccccc1N. The lowest BCUT2D eigenvalue weighted by Crippen LogP contribution is -2.45. The molecule has 26 heavy (non-hydrogen) atoms. The van der Waals surface area contributed by atoms with E-state index in [1.165, 1.54) is 70.8 Å². The first-order chi connectivity index (χ1) is 12.7. The number of benzene rings is 1. The van der Waals surface area contributed by atoms with Crippen LogP contribution in [-0.2, 0) is 0 Å². The van der Waals surface area contributed by atoms with Crippen LogP contribution in [0.5, 0.6) is 0 Å². The first-order valence-corrected chi connectivity index (χ1v) is 11.1. The smallest absolute Gasteiger partial charge is 0.0575 e. The van der Waals surface area contributed by atoms with E-state index in [9.17, 15) is 0 Å². The Bertz CT molecular complexity index is 573. The van der Waals surface area contributed by atoms with Crippen molar-refractivity contribution < 1.29 is 0 Å². The third-order valence-electron chi connectivity index (χ3n) is 7.23. The van der Waals surface area contributed by atoms with E-state index >= 15 is 0 Å². The van der Waals surface area contributed by atoms with E-state index in [0.29, 0.717) is 6.04 Å². The summed E-state index contributed by atoms with van der Waals surface area (Å²) in [7, 11) is 0. The summed E-state index contributed by atoms with van der Waals surface area (Å²) >= 11 is 0. The van der Waals surface area contributed by atoms with Gasteiger partial charge in [0.2, 0.25) is 0 Å². The number of nitrogen functional groups attached to an aromatic ring is 1. The molecule has 4 rings (SSSR count). The largest absolute Gasteiger partial charge is 0.397 e. The average molecular weight is 356 g/mol. The summed E-state index contributed by atoms with van der Waals surface area (Å²) in [6, 6.07) is 10.2. The van der Waals surface area contributed by atoms with Crippen molar-refractivity contribution in [3.8, 4) is 0 Å². The highest BCUT2D eigenvalue weighted by atomic mass is 15.2. The Morgan fingerprint density at radius 1 is 1.04 bits per heavy atom. The molecule has 1 heterocycles. The number of hydrogen-bond acceptors (Lipinski definition) is 3. The molecule has 0 aromatic heterocycles. The van der Waals surface area contributed by atoms with Crippen molar-refractivity contribution in [3.63, 3.8) is 0 Å². The lowest BCUT2D eigenvalue weighted by molar-refractivity contribution is 0.0862. The Hall–Kier alpha value is -1.22. The van der Waals surface area contributed by atoms with Crippen molar-refractivity contribution in [1.29, 1.82) is 0 Å². The molecule has 4 atom stereocenters. The number of fused-ring (bicyclic) bond motifs is 2. The number of likely N-dealkylation sites (tertiary alicyclic amines) is 1. The van der Waals surface area contributed by atoms with Gasteiger partial charge < -0.3 is 11.1 Å². The highest BCUT2D eigenvalue weighted by Gasteiger charge is 2.37. The maximum absolute atomic E-state index is 6.12. The molecule has 1 saturated heterocycles. The zero-order chi connectivity index (χ0) is 17.9. The molecule has 3 heteroatoms. The van der Waals surface area contributed by atoms with Gasteiger partial charge in [-0.15, -0.1) is 0 Å². The van der Waals surface area contributed by atoms with Gasteiger partial charge in [0.25, 0.3) is 0 Å². The van der Waals surface area contributed by atoms with E-state index in [-0.39, 0.29) is 0 Å². The highest BCUT2D eigenvalue weighted by Crippen LogP contribution is 2.42. The number of nitrogens with zero attached hydrogens (tertiary/aromatic N) is 1. The number of para-hydroxylation sites is 2. The van der Waals surface area contributed by atoms with Gasteiger partial charge in [0.1, 0.15) is 0 Å². The molecule has 3 aliphatic rings. The second-order valence-corrected chi connectivity index (χ2v) is 9.28. The fourth-order valence-corrected chi connectivity index (χ4v) is 6.09. The fourth-order valence-electron chi connectivity index (χ4n) is 6.09. The van der Waals surface area contributed by atoms with Gasteiger partial charge in [-0.2, -0.15) is 0 Å². The summed E-state index contributed by atoms with van der Waals surface area (Å²) in [6.07, 6.45) is 14.4. The number of nitrogens with one attached hydrogen (secondary N) is 1. The Morgan fingerprint density at radius 3 is 2.50 bits per heavy atom. The number of hydrogen-bond donors (Lipinski definition) is 2. The third-order valence-corrected chi connectivity index (χ3v) is 7.23. The normalized spacial score (nSPS) is 33.6. The molecule has 2 saturated carbocycles. The van der Waals surface area contributed by atoms with E-state index in [0.717, 1.165) is 35.3 Å². The Labute approximate surface area is 159 Å². The summed E-state index contributed by atoms with van der Waals surface area (Å²) in [5.74, 6) is 2.03. The van der Waals surface area contributed by atoms with E-state index in [4.69, 9.17) is 5.73 Å². The molecule has 2 bridgehead atoms. The van der Waals surface area contributed by atoms with Gasteiger partial charge in [0.15, 0.2) is 0 Å². The maximum atomic E-state index is 6.12. The van der Waals surface area contributed by atoms with Crippen LogP contribution >= 0.6 is 0 Å². The van der Waals surface area contributed by atoms with Crippen LogP contribution in [0.15, 0.2) is 24.3 Å². The van der Waals surface area contributed by atoms with Crippen LogP contribution in [0, 0.1) is 11.8 Å². The molecule has 3 nitrogen and oxygen atoms in total. The minimum absolute atomic E-state index is 0.469. The second kappa shape index (κ2) is 8.21. The van der Waals surface area contributed by atoms with Crippen molar-refractivity contribution >= 4 is 11.4 Å². The monoisotopic (exact) mass is 355 g/mol. The van der Waals surface area contributed by atoms with Crippen molar-refractivity contribution in [2.75, 3.05) is 17.6 Å². The average Bonchev–Trinajstić information content (AvgIpc) is 3.01. The number of nitrogens with two attached hydrogens (primary N) is 1. The molecule has 144 valence electrons. The van der Waals surface area contributed by atoms with Gasteiger partial charge in [-0.05, 0) is 76.0 Å². The summed E-state index contributed by atoms with van der Waals surface area (Å²) in [4.78, 5) is 2.91. The fraction of sp³-hybridized carbons (Fsp3) is 0.739. The van der Waals surface area contributed by atoms with Gasteiger partial charge in [-0.3, -0.25) is 4.90 Å². The van der Waals surface area contributed by atoms with Crippen molar-refractivity contribution in [2.45, 2.75) is 89.3 Å². The standard InChI is InChI=1S/C23H37N3/c1-17(25-23-11-5-4-10-22(23)24)13-20-9-6-12-26(20)21-15-18-7-2-3-8-19(14-18)16-21/h4-5,10-11,17-21,25H,2-3,6-9,12-16,24H2,1H3/t17-,18?,19?,20-,21?/m0/s1. The molecule has 1 aromatic rings. The predicted octanol–water partition coefficient (Wildman–Crippen LogP) is 5.28. The molecular weight excluding hydrogens is 318 g/mol. The molecular formula is C23H37N3. The van der Waals surface area contributed by atoms with Crippen LogP contribution in [0.3, 0.4) is 0 Å². The first-order valence-electron chi connectivity index (χ1n) is 11.1. The van der Waals surface area contributed by atoms with Gasteiger partial charge >= 0.3 is 0 Å². The van der Waals surface area contributed by atoms with Gasteiger partial charge in [-0.1, -0.05) is 37.8 Å². The predicted molar refractivity (Wildman–Crippen MR) is 111 cm³/mol. The summed E-state index contributed by atoms with van der Waals surface area (Å²) in [6.45, 7) is 3.65. The van der Waals surface area contributed by atoms with Crippen LogP contribution < -0.4 is 11.1 Å². The molecule has 3 fully saturated rings. The molecule has 1 aromatic carbocycles. The maximum Gasteiger partial charge on any atom is 0.0575 e. The lowest BCUT2D eigenvalue weighted by Gasteiger charge is -2.41. The zero-order valence-electron chi connectivity index (χ0n) is 16.5. The molecule has 3 N–H and O–H groups in total. The molecule has 0 spiro atoms. The quantitative estimate of drug-likeness (QED) is 0.706. The van der Waals surface area contributed by atoms with E-state index < -0.39 is 0 Å². The van der Waals surface area contributed by atoms with Crippen LogP contribution in [-0.4, -0.2) is 29.6 Å². The van der Waals surface area contributed by atoms with E-state index in [1.54, 1.807) is 0 Å². The Morgan fingerprint density at radius 2 is 1.77 bits per heavy atom. The molecule has 0 amide bonds.